The Labute approximate surface area is 58.8 Å². The number of rotatable bonds is 2. The second kappa shape index (κ2) is 3.66. The third-order valence-corrected chi connectivity index (χ3v) is 2.38. The minimum absolute atomic E-state index is 0.667. The highest BCUT2D eigenvalue weighted by molar-refractivity contribution is 14.1. The summed E-state index contributed by atoms with van der Waals surface area (Å²) in [5.74, 6) is 0.667. The summed E-state index contributed by atoms with van der Waals surface area (Å²) in [7, 11) is 0. The van der Waals surface area contributed by atoms with E-state index in [1.165, 1.54) is 0 Å². The molecular formula is C5H12IN. The lowest BCUT2D eigenvalue weighted by Gasteiger charge is -2.08. The topological polar surface area (TPSA) is 26.0 Å². The van der Waals surface area contributed by atoms with E-state index in [2.05, 4.69) is 36.4 Å². The fourth-order valence-electron chi connectivity index (χ4n) is 0.188. The van der Waals surface area contributed by atoms with Gasteiger partial charge in [-0.2, -0.15) is 0 Å². The zero-order valence-electron chi connectivity index (χ0n) is 4.82. The van der Waals surface area contributed by atoms with Crippen molar-refractivity contribution in [2.24, 2.45) is 11.7 Å². The Morgan fingerprint density at radius 1 is 1.57 bits per heavy atom. The Kier molecular flexibility index (Phi) is 4.02. The Morgan fingerprint density at radius 2 is 2.00 bits per heavy atom. The van der Waals surface area contributed by atoms with E-state index in [1.54, 1.807) is 0 Å². The first-order chi connectivity index (χ1) is 3.18. The van der Waals surface area contributed by atoms with Crippen molar-refractivity contribution in [2.75, 3.05) is 6.54 Å². The Bertz CT molecular complexity index is 45.3. The number of hydrogen-bond acceptors (Lipinski definition) is 1. The van der Waals surface area contributed by atoms with Crippen LogP contribution in [0.3, 0.4) is 0 Å². The van der Waals surface area contributed by atoms with Crippen LogP contribution in [-0.4, -0.2) is 10.5 Å². The first kappa shape index (κ1) is 7.69. The summed E-state index contributed by atoms with van der Waals surface area (Å²) in [6.45, 7) is 5.15. The van der Waals surface area contributed by atoms with Crippen LogP contribution >= 0.6 is 22.6 Å². The van der Waals surface area contributed by atoms with Crippen molar-refractivity contribution in [1.29, 1.82) is 0 Å². The van der Waals surface area contributed by atoms with Crippen LogP contribution in [0.1, 0.15) is 13.8 Å². The highest BCUT2D eigenvalue weighted by Crippen LogP contribution is 2.09. The molecule has 0 saturated carbocycles. The maximum Gasteiger partial charge on any atom is 0.0119 e. The van der Waals surface area contributed by atoms with Gasteiger partial charge in [-0.3, -0.25) is 0 Å². The first-order valence-corrected chi connectivity index (χ1v) is 3.77. The summed E-state index contributed by atoms with van der Waals surface area (Å²) >= 11 is 2.39. The summed E-state index contributed by atoms with van der Waals surface area (Å²) in [4.78, 5) is 0. The molecule has 0 amide bonds. The molecule has 2 unspecified atom stereocenters. The number of hydrogen-bond donors (Lipinski definition) is 1. The van der Waals surface area contributed by atoms with Gasteiger partial charge in [-0.05, 0) is 12.5 Å². The monoisotopic (exact) mass is 213 g/mol. The molecule has 2 N–H and O–H groups in total. The highest BCUT2D eigenvalue weighted by Gasteiger charge is 2.03. The summed E-state index contributed by atoms with van der Waals surface area (Å²) < 4.78 is 0.711. The van der Waals surface area contributed by atoms with E-state index >= 15 is 0 Å². The van der Waals surface area contributed by atoms with Crippen LogP contribution in [0.2, 0.25) is 0 Å². The molecule has 0 spiro atoms. The SMILES string of the molecule is CC(I)C(C)CN. The van der Waals surface area contributed by atoms with Gasteiger partial charge in [0.25, 0.3) is 0 Å². The smallest absolute Gasteiger partial charge is 0.0119 e. The minimum atomic E-state index is 0.667. The van der Waals surface area contributed by atoms with E-state index in [0.717, 1.165) is 6.54 Å². The van der Waals surface area contributed by atoms with Crippen LogP contribution in [-0.2, 0) is 0 Å². The predicted octanol–water partition coefficient (Wildman–Crippen LogP) is 1.40. The van der Waals surface area contributed by atoms with E-state index in [9.17, 15) is 0 Å². The third-order valence-electron chi connectivity index (χ3n) is 1.16. The van der Waals surface area contributed by atoms with E-state index in [1.807, 2.05) is 0 Å². The molecule has 7 heavy (non-hydrogen) atoms. The lowest BCUT2D eigenvalue weighted by atomic mass is 10.1. The van der Waals surface area contributed by atoms with E-state index in [0.29, 0.717) is 9.84 Å². The van der Waals surface area contributed by atoms with Crippen molar-refractivity contribution in [3.8, 4) is 0 Å². The van der Waals surface area contributed by atoms with E-state index in [-0.39, 0.29) is 0 Å². The van der Waals surface area contributed by atoms with Gasteiger partial charge < -0.3 is 5.73 Å². The first-order valence-electron chi connectivity index (χ1n) is 2.52. The van der Waals surface area contributed by atoms with Crippen molar-refractivity contribution >= 4 is 22.6 Å². The fourth-order valence-corrected chi connectivity index (χ4v) is 0.481. The van der Waals surface area contributed by atoms with Gasteiger partial charge in [0, 0.05) is 3.92 Å². The molecule has 2 heteroatoms. The van der Waals surface area contributed by atoms with Crippen LogP contribution in [0.5, 0.6) is 0 Å². The molecule has 0 saturated heterocycles. The standard InChI is InChI=1S/C5H12IN/c1-4(3-7)5(2)6/h4-5H,3,7H2,1-2H3. The minimum Gasteiger partial charge on any atom is -0.330 e. The van der Waals surface area contributed by atoms with Crippen molar-refractivity contribution in [2.45, 2.75) is 17.8 Å². The number of halogens is 1. The molecule has 0 aliphatic rings. The van der Waals surface area contributed by atoms with Crippen LogP contribution in [0.4, 0.5) is 0 Å². The predicted molar refractivity (Wildman–Crippen MR) is 41.7 cm³/mol. The second-order valence-corrected chi connectivity index (χ2v) is 3.86. The molecule has 0 rings (SSSR count). The quantitative estimate of drug-likeness (QED) is 0.544. The third kappa shape index (κ3) is 3.29. The van der Waals surface area contributed by atoms with Crippen molar-refractivity contribution < 1.29 is 0 Å². The van der Waals surface area contributed by atoms with Crippen LogP contribution < -0.4 is 5.73 Å². The maximum atomic E-state index is 5.37. The van der Waals surface area contributed by atoms with Gasteiger partial charge >= 0.3 is 0 Å². The fraction of sp³-hybridized carbons (Fsp3) is 1.00. The van der Waals surface area contributed by atoms with Gasteiger partial charge in [-0.1, -0.05) is 36.4 Å². The average Bonchev–Trinajstić information content (AvgIpc) is 1.65. The summed E-state index contributed by atoms with van der Waals surface area (Å²) in [5, 5.41) is 0. The summed E-state index contributed by atoms with van der Waals surface area (Å²) in [5.41, 5.74) is 5.37. The highest BCUT2D eigenvalue weighted by atomic mass is 127. The molecule has 0 aliphatic heterocycles. The van der Waals surface area contributed by atoms with E-state index < -0.39 is 0 Å². The molecule has 0 heterocycles. The van der Waals surface area contributed by atoms with Gasteiger partial charge in [0.15, 0.2) is 0 Å². The normalized spacial score (nSPS) is 18.9. The molecule has 1 nitrogen and oxygen atoms in total. The molecule has 0 fully saturated rings. The molecule has 0 aliphatic carbocycles. The van der Waals surface area contributed by atoms with E-state index in [4.69, 9.17) is 5.73 Å². The van der Waals surface area contributed by atoms with Crippen molar-refractivity contribution in [1.82, 2.24) is 0 Å². The number of alkyl halides is 1. The van der Waals surface area contributed by atoms with Gasteiger partial charge in [-0.15, -0.1) is 0 Å². The van der Waals surface area contributed by atoms with Gasteiger partial charge in [0.1, 0.15) is 0 Å². The van der Waals surface area contributed by atoms with Crippen molar-refractivity contribution in [3.05, 3.63) is 0 Å². The molecule has 0 aromatic rings. The Balaban J connectivity index is 3.14. The zero-order chi connectivity index (χ0) is 5.86. The summed E-state index contributed by atoms with van der Waals surface area (Å²) in [6.07, 6.45) is 0. The maximum absolute atomic E-state index is 5.37. The molecule has 44 valence electrons. The Hall–Kier alpha value is 0.690. The molecule has 0 bridgehead atoms. The summed E-state index contributed by atoms with van der Waals surface area (Å²) in [6, 6.07) is 0. The van der Waals surface area contributed by atoms with Gasteiger partial charge in [0.05, 0.1) is 0 Å². The second-order valence-electron chi connectivity index (χ2n) is 1.89. The molecule has 0 aromatic heterocycles. The van der Waals surface area contributed by atoms with Gasteiger partial charge in [0.2, 0.25) is 0 Å². The Morgan fingerprint density at radius 3 is 2.00 bits per heavy atom. The van der Waals surface area contributed by atoms with Crippen LogP contribution in [0, 0.1) is 5.92 Å². The van der Waals surface area contributed by atoms with Crippen LogP contribution in [0.15, 0.2) is 0 Å². The number of nitrogens with two attached hydrogens (primary N) is 1. The molecule has 0 radical (unpaired) electrons. The molecular weight excluding hydrogens is 201 g/mol. The largest absolute Gasteiger partial charge is 0.330 e. The lowest BCUT2D eigenvalue weighted by Crippen LogP contribution is -2.17. The lowest BCUT2D eigenvalue weighted by molar-refractivity contribution is 0.605. The molecule has 2 atom stereocenters. The van der Waals surface area contributed by atoms with Crippen LogP contribution in [0.25, 0.3) is 0 Å². The van der Waals surface area contributed by atoms with Gasteiger partial charge in [-0.25, -0.2) is 0 Å². The zero-order valence-corrected chi connectivity index (χ0v) is 6.97. The molecule has 0 aromatic carbocycles. The van der Waals surface area contributed by atoms with Crippen molar-refractivity contribution in [3.63, 3.8) is 0 Å². The average molecular weight is 213 g/mol.